The van der Waals surface area contributed by atoms with E-state index in [4.69, 9.17) is 4.42 Å². The molecule has 1 aromatic heterocycles. The Kier molecular flexibility index (Phi) is 8.98. The third kappa shape index (κ3) is 5.99. The van der Waals surface area contributed by atoms with Crippen LogP contribution >= 0.6 is 24.0 Å². The SMILES string of the molecule is CCC(C)NC(=NC)NCC(c1ccc(C)o1)N1CCCC1.I. The molecule has 0 aliphatic carbocycles. The molecule has 0 saturated carbocycles. The molecule has 132 valence electrons. The van der Waals surface area contributed by atoms with Gasteiger partial charge >= 0.3 is 0 Å². The zero-order valence-electron chi connectivity index (χ0n) is 14.8. The molecular weight excluding hydrogens is 403 g/mol. The van der Waals surface area contributed by atoms with E-state index in [9.17, 15) is 0 Å². The number of nitrogens with one attached hydrogen (secondary N) is 2. The molecule has 1 aliphatic heterocycles. The molecule has 1 aliphatic rings. The number of aryl methyl sites for hydroxylation is 1. The molecule has 2 unspecified atom stereocenters. The molecule has 0 bridgehead atoms. The molecular formula is C17H31IN4O. The third-order valence-electron chi connectivity index (χ3n) is 4.35. The quantitative estimate of drug-likeness (QED) is 0.410. The van der Waals surface area contributed by atoms with Crippen LogP contribution in [0.25, 0.3) is 0 Å². The van der Waals surface area contributed by atoms with Crippen molar-refractivity contribution in [1.29, 1.82) is 0 Å². The number of aliphatic imine (C=N–C) groups is 1. The number of furan rings is 1. The highest BCUT2D eigenvalue weighted by Crippen LogP contribution is 2.26. The number of guanidine groups is 1. The number of hydrogen-bond donors (Lipinski definition) is 2. The topological polar surface area (TPSA) is 52.8 Å². The summed E-state index contributed by atoms with van der Waals surface area (Å²) >= 11 is 0. The van der Waals surface area contributed by atoms with Gasteiger partial charge in [-0.05, 0) is 58.3 Å². The first-order chi connectivity index (χ1) is 10.6. The zero-order valence-corrected chi connectivity index (χ0v) is 17.1. The van der Waals surface area contributed by atoms with Crippen LogP contribution in [0.2, 0.25) is 0 Å². The summed E-state index contributed by atoms with van der Waals surface area (Å²) in [6, 6.07) is 4.84. The predicted molar refractivity (Wildman–Crippen MR) is 107 cm³/mol. The van der Waals surface area contributed by atoms with Crippen molar-refractivity contribution < 1.29 is 4.42 Å². The summed E-state index contributed by atoms with van der Waals surface area (Å²) in [7, 11) is 1.82. The van der Waals surface area contributed by atoms with Gasteiger partial charge in [-0.3, -0.25) is 9.89 Å². The predicted octanol–water partition coefficient (Wildman–Crippen LogP) is 3.31. The smallest absolute Gasteiger partial charge is 0.191 e. The second-order valence-corrected chi connectivity index (χ2v) is 6.11. The molecule has 2 atom stereocenters. The Morgan fingerprint density at radius 3 is 2.57 bits per heavy atom. The second kappa shape index (κ2) is 10.2. The van der Waals surface area contributed by atoms with Crippen molar-refractivity contribution in [2.75, 3.05) is 26.7 Å². The van der Waals surface area contributed by atoms with Gasteiger partial charge in [0.15, 0.2) is 5.96 Å². The van der Waals surface area contributed by atoms with Crippen molar-refractivity contribution in [2.24, 2.45) is 4.99 Å². The molecule has 1 fully saturated rings. The molecule has 6 heteroatoms. The molecule has 1 saturated heterocycles. The van der Waals surface area contributed by atoms with Gasteiger partial charge in [0.1, 0.15) is 11.5 Å². The number of halogens is 1. The number of likely N-dealkylation sites (tertiary alicyclic amines) is 1. The summed E-state index contributed by atoms with van der Waals surface area (Å²) in [5, 5.41) is 6.87. The normalized spacial score (nSPS) is 18.3. The minimum Gasteiger partial charge on any atom is -0.465 e. The molecule has 2 heterocycles. The number of nitrogens with zero attached hydrogens (tertiary/aromatic N) is 2. The van der Waals surface area contributed by atoms with Gasteiger partial charge in [0.25, 0.3) is 0 Å². The van der Waals surface area contributed by atoms with Crippen LogP contribution in [-0.2, 0) is 0 Å². The maximum atomic E-state index is 5.88. The van der Waals surface area contributed by atoms with E-state index in [0.717, 1.165) is 43.5 Å². The minimum atomic E-state index is 0. The summed E-state index contributed by atoms with van der Waals surface area (Å²) in [6.07, 6.45) is 3.62. The standard InChI is InChI=1S/C17H30N4O.HI/c1-5-13(2)20-17(18-4)19-12-15(21-10-6-7-11-21)16-9-8-14(3)22-16;/h8-9,13,15H,5-7,10-12H2,1-4H3,(H2,18,19,20);1H. The lowest BCUT2D eigenvalue weighted by Gasteiger charge is -2.27. The van der Waals surface area contributed by atoms with E-state index >= 15 is 0 Å². The fraction of sp³-hybridized carbons (Fsp3) is 0.706. The molecule has 0 aromatic carbocycles. The molecule has 0 amide bonds. The lowest BCUT2D eigenvalue weighted by atomic mass is 10.2. The molecule has 1 aromatic rings. The van der Waals surface area contributed by atoms with Gasteiger partial charge in [-0.25, -0.2) is 0 Å². The first-order valence-corrected chi connectivity index (χ1v) is 8.41. The highest BCUT2D eigenvalue weighted by Gasteiger charge is 2.26. The van der Waals surface area contributed by atoms with Gasteiger partial charge in [0, 0.05) is 19.6 Å². The Labute approximate surface area is 157 Å². The number of hydrogen-bond acceptors (Lipinski definition) is 3. The maximum absolute atomic E-state index is 5.88. The first-order valence-electron chi connectivity index (χ1n) is 8.41. The van der Waals surface area contributed by atoms with Crippen molar-refractivity contribution in [3.05, 3.63) is 23.7 Å². The van der Waals surface area contributed by atoms with Crippen molar-refractivity contribution in [1.82, 2.24) is 15.5 Å². The van der Waals surface area contributed by atoms with Crippen LogP contribution in [0, 0.1) is 6.92 Å². The van der Waals surface area contributed by atoms with Crippen molar-refractivity contribution in [3.8, 4) is 0 Å². The monoisotopic (exact) mass is 434 g/mol. The van der Waals surface area contributed by atoms with E-state index in [2.05, 4.69) is 40.4 Å². The van der Waals surface area contributed by atoms with E-state index in [1.54, 1.807) is 0 Å². The Morgan fingerprint density at radius 2 is 2.04 bits per heavy atom. The van der Waals surface area contributed by atoms with Gasteiger partial charge in [-0.2, -0.15) is 0 Å². The summed E-state index contributed by atoms with van der Waals surface area (Å²) in [5.74, 6) is 2.88. The molecule has 0 radical (unpaired) electrons. The first kappa shape index (κ1) is 20.3. The van der Waals surface area contributed by atoms with Gasteiger partial charge in [-0.1, -0.05) is 6.92 Å². The summed E-state index contributed by atoms with van der Waals surface area (Å²) in [5.41, 5.74) is 0. The number of rotatable bonds is 6. The lowest BCUT2D eigenvalue weighted by molar-refractivity contribution is 0.213. The van der Waals surface area contributed by atoms with Crippen LogP contribution in [0.5, 0.6) is 0 Å². The highest BCUT2D eigenvalue weighted by atomic mass is 127. The molecule has 0 spiro atoms. The fourth-order valence-corrected chi connectivity index (χ4v) is 2.82. The minimum absolute atomic E-state index is 0. The van der Waals surface area contributed by atoms with Crippen molar-refractivity contribution >= 4 is 29.9 Å². The highest BCUT2D eigenvalue weighted by molar-refractivity contribution is 14.0. The fourth-order valence-electron chi connectivity index (χ4n) is 2.82. The zero-order chi connectivity index (χ0) is 15.9. The summed E-state index contributed by atoms with van der Waals surface area (Å²) in [6.45, 7) is 9.43. The van der Waals surface area contributed by atoms with Crippen LogP contribution < -0.4 is 10.6 Å². The molecule has 2 rings (SSSR count). The van der Waals surface area contributed by atoms with E-state index in [0.29, 0.717) is 6.04 Å². The van der Waals surface area contributed by atoms with Crippen LogP contribution in [0.1, 0.15) is 50.7 Å². The van der Waals surface area contributed by atoms with E-state index < -0.39 is 0 Å². The van der Waals surface area contributed by atoms with E-state index in [1.165, 1.54) is 12.8 Å². The van der Waals surface area contributed by atoms with E-state index in [-0.39, 0.29) is 30.0 Å². The Hall–Kier alpha value is -0.760. The lowest BCUT2D eigenvalue weighted by Crippen LogP contribution is -2.45. The Balaban J connectivity index is 0.00000264. The summed E-state index contributed by atoms with van der Waals surface area (Å²) < 4.78 is 5.88. The average Bonchev–Trinajstić information content (AvgIpc) is 3.18. The Bertz CT molecular complexity index is 483. The van der Waals surface area contributed by atoms with Gasteiger partial charge < -0.3 is 15.1 Å². The maximum Gasteiger partial charge on any atom is 0.191 e. The van der Waals surface area contributed by atoms with Crippen LogP contribution in [0.15, 0.2) is 21.5 Å². The largest absolute Gasteiger partial charge is 0.465 e. The Morgan fingerprint density at radius 1 is 1.35 bits per heavy atom. The van der Waals surface area contributed by atoms with E-state index in [1.807, 2.05) is 20.0 Å². The van der Waals surface area contributed by atoms with Crippen molar-refractivity contribution in [3.63, 3.8) is 0 Å². The van der Waals surface area contributed by atoms with Gasteiger partial charge in [-0.15, -0.1) is 24.0 Å². The molecule has 2 N–H and O–H groups in total. The van der Waals surface area contributed by atoms with Crippen molar-refractivity contribution in [2.45, 2.75) is 52.1 Å². The third-order valence-corrected chi connectivity index (χ3v) is 4.35. The van der Waals surface area contributed by atoms with Crippen LogP contribution in [0.4, 0.5) is 0 Å². The van der Waals surface area contributed by atoms with Crippen LogP contribution in [0.3, 0.4) is 0 Å². The molecule has 5 nitrogen and oxygen atoms in total. The van der Waals surface area contributed by atoms with Crippen LogP contribution in [-0.4, -0.2) is 43.6 Å². The molecule has 23 heavy (non-hydrogen) atoms. The van der Waals surface area contributed by atoms with Gasteiger partial charge in [0.05, 0.1) is 6.04 Å². The second-order valence-electron chi connectivity index (χ2n) is 6.11. The summed E-state index contributed by atoms with van der Waals surface area (Å²) in [4.78, 5) is 6.82. The average molecular weight is 434 g/mol. The van der Waals surface area contributed by atoms with Gasteiger partial charge in [0.2, 0.25) is 0 Å².